The lowest BCUT2D eigenvalue weighted by Gasteiger charge is -2.12. The van der Waals surface area contributed by atoms with Gasteiger partial charge in [-0.05, 0) is 56.3 Å². The fourth-order valence-electron chi connectivity index (χ4n) is 4.08. The minimum Gasteiger partial charge on any atom is -0.497 e. The van der Waals surface area contributed by atoms with E-state index in [0.29, 0.717) is 27.9 Å². The van der Waals surface area contributed by atoms with E-state index in [9.17, 15) is 9.59 Å². The average molecular weight is 503 g/mol. The molecule has 4 aromatic carbocycles. The summed E-state index contributed by atoms with van der Waals surface area (Å²) in [5.41, 5.74) is 7.64. The third-order valence-corrected chi connectivity index (χ3v) is 6.30. The molecule has 38 heavy (non-hydrogen) atoms. The maximum absolute atomic E-state index is 12.8. The summed E-state index contributed by atoms with van der Waals surface area (Å²) in [6, 6.07) is 28.0. The number of methoxy groups -OCH3 is 1. The van der Waals surface area contributed by atoms with Gasteiger partial charge in [-0.2, -0.15) is 0 Å². The quantitative estimate of drug-likeness (QED) is 0.184. The van der Waals surface area contributed by atoms with Crippen LogP contribution < -0.4 is 4.74 Å². The van der Waals surface area contributed by atoms with Crippen molar-refractivity contribution in [2.45, 2.75) is 13.8 Å². The number of hydrogen-bond donors (Lipinski definition) is 0. The third kappa shape index (κ3) is 5.30. The number of Topliss-reactive ketones (excluding diaryl/α,β-unsaturated/α-hetero) is 1. The molecule has 0 N–H and O–H groups in total. The number of aromatic nitrogens is 2. The average Bonchev–Trinajstić information content (AvgIpc) is 2.95. The Morgan fingerprint density at radius 2 is 1.18 bits per heavy atom. The molecule has 0 aliphatic rings. The topological polar surface area (TPSA) is 78.4 Å². The van der Waals surface area contributed by atoms with Gasteiger partial charge in [-0.25, -0.2) is 14.8 Å². The zero-order valence-corrected chi connectivity index (χ0v) is 21.4. The predicted molar refractivity (Wildman–Crippen MR) is 147 cm³/mol. The molecular formula is C32H26N2O4. The van der Waals surface area contributed by atoms with Gasteiger partial charge in [-0.15, -0.1) is 0 Å². The van der Waals surface area contributed by atoms with Crippen LogP contribution in [0.2, 0.25) is 0 Å². The molecule has 6 heteroatoms. The molecule has 0 aliphatic carbocycles. The highest BCUT2D eigenvalue weighted by atomic mass is 16.5. The molecule has 0 unspecified atom stereocenters. The van der Waals surface area contributed by atoms with Crippen molar-refractivity contribution >= 4 is 22.8 Å². The van der Waals surface area contributed by atoms with E-state index >= 15 is 0 Å². The number of fused-ring (bicyclic) bond motifs is 1. The van der Waals surface area contributed by atoms with Gasteiger partial charge in [0.2, 0.25) is 0 Å². The number of rotatable bonds is 7. The highest BCUT2D eigenvalue weighted by Gasteiger charge is 2.17. The molecule has 1 heterocycles. The summed E-state index contributed by atoms with van der Waals surface area (Å²) in [5.74, 6) is -0.257. The summed E-state index contributed by atoms with van der Waals surface area (Å²) < 4.78 is 10.4. The molecule has 5 rings (SSSR count). The summed E-state index contributed by atoms with van der Waals surface area (Å²) >= 11 is 0. The van der Waals surface area contributed by atoms with E-state index in [4.69, 9.17) is 19.4 Å². The Balaban J connectivity index is 1.45. The Morgan fingerprint density at radius 1 is 0.658 bits per heavy atom. The van der Waals surface area contributed by atoms with Crippen LogP contribution in [-0.2, 0) is 4.74 Å². The molecule has 6 nitrogen and oxygen atoms in total. The van der Waals surface area contributed by atoms with Gasteiger partial charge in [0.15, 0.2) is 12.4 Å². The number of aryl methyl sites for hydroxylation is 2. The normalized spacial score (nSPS) is 10.8. The van der Waals surface area contributed by atoms with E-state index in [1.165, 1.54) is 0 Å². The van der Waals surface area contributed by atoms with Crippen molar-refractivity contribution < 1.29 is 19.1 Å². The molecule has 188 valence electrons. The van der Waals surface area contributed by atoms with Crippen molar-refractivity contribution in [3.05, 3.63) is 113 Å². The van der Waals surface area contributed by atoms with E-state index in [1.54, 1.807) is 49.6 Å². The van der Waals surface area contributed by atoms with Gasteiger partial charge in [0.05, 0.1) is 35.1 Å². The van der Waals surface area contributed by atoms with Crippen LogP contribution in [0.25, 0.3) is 33.5 Å². The lowest BCUT2D eigenvalue weighted by molar-refractivity contribution is 0.0475. The van der Waals surface area contributed by atoms with Gasteiger partial charge >= 0.3 is 5.97 Å². The maximum atomic E-state index is 12.8. The van der Waals surface area contributed by atoms with Gasteiger partial charge in [0.25, 0.3) is 0 Å². The van der Waals surface area contributed by atoms with Crippen LogP contribution in [0.1, 0.15) is 31.8 Å². The zero-order chi connectivity index (χ0) is 26.6. The Morgan fingerprint density at radius 3 is 1.74 bits per heavy atom. The third-order valence-electron chi connectivity index (χ3n) is 6.30. The van der Waals surface area contributed by atoms with E-state index in [-0.39, 0.29) is 12.4 Å². The Bertz CT molecular complexity index is 1620. The molecule has 0 fully saturated rings. The second kappa shape index (κ2) is 10.6. The van der Waals surface area contributed by atoms with Crippen molar-refractivity contribution in [2.24, 2.45) is 0 Å². The molecule has 0 radical (unpaired) electrons. The number of esters is 1. The number of carbonyl (C=O) groups excluding carboxylic acids is 2. The summed E-state index contributed by atoms with van der Waals surface area (Å²) in [4.78, 5) is 35.1. The van der Waals surface area contributed by atoms with Crippen molar-refractivity contribution in [3.8, 4) is 28.3 Å². The molecule has 0 saturated heterocycles. The summed E-state index contributed by atoms with van der Waals surface area (Å²) in [6.07, 6.45) is 0. The number of ketones is 1. The van der Waals surface area contributed by atoms with Crippen LogP contribution >= 0.6 is 0 Å². The smallest absolute Gasteiger partial charge is 0.338 e. The van der Waals surface area contributed by atoms with Crippen LogP contribution in [0.15, 0.2) is 91.0 Å². The molecule has 5 aromatic rings. The monoisotopic (exact) mass is 502 g/mol. The first-order chi connectivity index (χ1) is 18.4. The summed E-state index contributed by atoms with van der Waals surface area (Å²) in [6.45, 7) is 3.71. The minimum atomic E-state index is -0.602. The zero-order valence-electron chi connectivity index (χ0n) is 21.4. The van der Waals surface area contributed by atoms with E-state index < -0.39 is 5.97 Å². The van der Waals surface area contributed by atoms with Crippen LogP contribution in [-0.4, -0.2) is 35.4 Å². The molecule has 0 spiro atoms. The van der Waals surface area contributed by atoms with Crippen molar-refractivity contribution in [2.75, 3.05) is 13.7 Å². The first kappa shape index (κ1) is 24.8. The standard InChI is InChI=1S/C32H26N2O4/c1-20-4-8-23(9-5-20)30-31(24-10-6-21(2)7-11-24)34-28-18-25(14-17-27(28)33-30)32(36)38-19-29(35)22-12-15-26(37-3)16-13-22/h4-18H,19H2,1-3H3. The number of ether oxygens (including phenoxy) is 2. The number of benzene rings is 4. The maximum Gasteiger partial charge on any atom is 0.338 e. The number of carbonyl (C=O) groups is 2. The lowest BCUT2D eigenvalue weighted by Crippen LogP contribution is -2.14. The van der Waals surface area contributed by atoms with E-state index in [2.05, 4.69) is 0 Å². The van der Waals surface area contributed by atoms with Gasteiger partial charge in [0.1, 0.15) is 5.75 Å². The van der Waals surface area contributed by atoms with E-state index in [1.807, 2.05) is 62.4 Å². The fraction of sp³-hybridized carbons (Fsp3) is 0.125. The van der Waals surface area contributed by atoms with Crippen LogP contribution in [0.3, 0.4) is 0 Å². The number of nitrogens with zero attached hydrogens (tertiary/aromatic N) is 2. The lowest BCUT2D eigenvalue weighted by atomic mass is 10.0. The molecule has 0 saturated carbocycles. The largest absolute Gasteiger partial charge is 0.497 e. The number of hydrogen-bond acceptors (Lipinski definition) is 6. The minimum absolute atomic E-state index is 0.298. The second-order valence-electron chi connectivity index (χ2n) is 9.08. The fourth-order valence-corrected chi connectivity index (χ4v) is 4.08. The first-order valence-electron chi connectivity index (χ1n) is 12.2. The molecule has 0 amide bonds. The van der Waals surface area contributed by atoms with Gasteiger partial charge < -0.3 is 9.47 Å². The predicted octanol–water partition coefficient (Wildman–Crippen LogP) is 6.63. The van der Waals surface area contributed by atoms with Crippen molar-refractivity contribution in [1.29, 1.82) is 0 Å². The SMILES string of the molecule is COc1ccc(C(=O)COC(=O)c2ccc3nc(-c4ccc(C)cc4)c(-c4ccc(C)cc4)nc3c2)cc1. The van der Waals surface area contributed by atoms with Gasteiger partial charge in [-0.3, -0.25) is 4.79 Å². The Labute approximate surface area is 220 Å². The second-order valence-corrected chi connectivity index (χ2v) is 9.08. The van der Waals surface area contributed by atoms with Gasteiger partial charge in [0, 0.05) is 16.7 Å². The summed E-state index contributed by atoms with van der Waals surface area (Å²) in [5, 5.41) is 0. The molecule has 0 atom stereocenters. The highest BCUT2D eigenvalue weighted by molar-refractivity contribution is 6.00. The van der Waals surface area contributed by atoms with Crippen LogP contribution in [0.5, 0.6) is 5.75 Å². The Hall–Kier alpha value is -4.84. The summed E-state index contributed by atoms with van der Waals surface area (Å²) in [7, 11) is 1.56. The first-order valence-corrected chi connectivity index (χ1v) is 12.2. The van der Waals surface area contributed by atoms with E-state index in [0.717, 1.165) is 33.6 Å². The molecule has 0 aliphatic heterocycles. The van der Waals surface area contributed by atoms with Crippen LogP contribution in [0, 0.1) is 13.8 Å². The molecule has 1 aromatic heterocycles. The van der Waals surface area contributed by atoms with Gasteiger partial charge in [-0.1, -0.05) is 59.7 Å². The molecular weight excluding hydrogens is 476 g/mol. The van der Waals surface area contributed by atoms with Crippen molar-refractivity contribution in [1.82, 2.24) is 9.97 Å². The van der Waals surface area contributed by atoms with Crippen LogP contribution in [0.4, 0.5) is 0 Å². The highest BCUT2D eigenvalue weighted by Crippen LogP contribution is 2.31. The van der Waals surface area contributed by atoms with Crippen molar-refractivity contribution in [3.63, 3.8) is 0 Å². The molecule has 0 bridgehead atoms. The Kier molecular flexibility index (Phi) is 6.96.